The molecule has 1 unspecified atom stereocenters. The molecule has 1 saturated heterocycles. The van der Waals surface area contributed by atoms with Gasteiger partial charge in [0.2, 0.25) is 0 Å². The quantitative estimate of drug-likeness (QED) is 0.764. The molecule has 18 heavy (non-hydrogen) atoms. The Morgan fingerprint density at radius 3 is 2.56 bits per heavy atom. The largest absolute Gasteiger partial charge is 0.318 e. The number of rotatable bonds is 6. The van der Waals surface area contributed by atoms with Gasteiger partial charge in [-0.2, -0.15) is 17.4 Å². The third-order valence-electron chi connectivity index (χ3n) is 3.61. The number of piperidine rings is 1. The van der Waals surface area contributed by atoms with Crippen LogP contribution in [0.2, 0.25) is 0 Å². The predicted octanol–water partition coefficient (Wildman–Crippen LogP) is 1.08. The fourth-order valence-electron chi connectivity index (χ4n) is 2.21. The van der Waals surface area contributed by atoms with Gasteiger partial charge in [-0.05, 0) is 40.2 Å². The van der Waals surface area contributed by atoms with Crippen molar-refractivity contribution in [2.75, 3.05) is 20.1 Å². The van der Waals surface area contributed by atoms with E-state index in [0.717, 1.165) is 25.7 Å². The van der Waals surface area contributed by atoms with Crippen LogP contribution in [0.25, 0.3) is 0 Å². The van der Waals surface area contributed by atoms with E-state index in [9.17, 15) is 8.42 Å². The molecule has 0 bridgehead atoms. The predicted molar refractivity (Wildman–Crippen MR) is 74.7 cm³/mol. The molecule has 1 aliphatic heterocycles. The van der Waals surface area contributed by atoms with E-state index in [-0.39, 0.29) is 11.6 Å². The molecule has 0 aromatic heterocycles. The fraction of sp³-hybridized carbons (Fsp3) is 1.00. The van der Waals surface area contributed by atoms with Crippen LogP contribution in [-0.2, 0) is 10.2 Å². The number of likely N-dealkylation sites (N-methyl/N-ethyl adjacent to an activating group) is 1. The second kappa shape index (κ2) is 6.32. The standard InChI is InChI=1S/C12H27N3O2S/c1-5-12(2,3)14-18(16,17)15-9-7-6-8-11(15)10-13-4/h11,13-14H,5-10H2,1-4H3. The van der Waals surface area contributed by atoms with Crippen molar-refractivity contribution in [2.45, 2.75) is 58.0 Å². The lowest BCUT2D eigenvalue weighted by Crippen LogP contribution is -2.56. The van der Waals surface area contributed by atoms with Gasteiger partial charge in [0.1, 0.15) is 0 Å². The van der Waals surface area contributed by atoms with Crippen LogP contribution in [-0.4, -0.2) is 44.4 Å². The van der Waals surface area contributed by atoms with E-state index in [1.807, 2.05) is 27.8 Å². The van der Waals surface area contributed by atoms with Crippen LogP contribution in [0.5, 0.6) is 0 Å². The molecule has 0 spiro atoms. The van der Waals surface area contributed by atoms with Crippen LogP contribution in [0, 0.1) is 0 Å². The van der Waals surface area contributed by atoms with Crippen LogP contribution < -0.4 is 10.0 Å². The maximum absolute atomic E-state index is 12.4. The second-order valence-electron chi connectivity index (χ2n) is 5.66. The van der Waals surface area contributed by atoms with Gasteiger partial charge in [-0.15, -0.1) is 0 Å². The normalized spacial score (nSPS) is 23.2. The minimum absolute atomic E-state index is 0.0777. The summed E-state index contributed by atoms with van der Waals surface area (Å²) in [6.45, 7) is 7.17. The average Bonchev–Trinajstić information content (AvgIpc) is 2.29. The Hall–Kier alpha value is -0.170. The van der Waals surface area contributed by atoms with Gasteiger partial charge in [0, 0.05) is 24.7 Å². The molecule has 0 amide bonds. The zero-order chi connectivity index (χ0) is 13.8. The maximum atomic E-state index is 12.4. The third-order valence-corrected chi connectivity index (χ3v) is 5.52. The smallest absolute Gasteiger partial charge is 0.280 e. The highest BCUT2D eigenvalue weighted by atomic mass is 32.2. The number of nitrogens with zero attached hydrogens (tertiary/aromatic N) is 1. The fourth-order valence-corrected chi connectivity index (χ4v) is 4.11. The highest BCUT2D eigenvalue weighted by Gasteiger charge is 2.34. The van der Waals surface area contributed by atoms with Crippen molar-refractivity contribution in [2.24, 2.45) is 0 Å². The molecule has 1 rings (SSSR count). The van der Waals surface area contributed by atoms with Crippen LogP contribution in [0.4, 0.5) is 0 Å². The third kappa shape index (κ3) is 4.19. The van der Waals surface area contributed by atoms with Crippen molar-refractivity contribution in [3.05, 3.63) is 0 Å². The molecule has 0 aliphatic carbocycles. The zero-order valence-corrected chi connectivity index (χ0v) is 12.8. The summed E-state index contributed by atoms with van der Waals surface area (Å²) in [4.78, 5) is 0. The molecule has 0 aromatic carbocycles. The highest BCUT2D eigenvalue weighted by Crippen LogP contribution is 2.21. The first-order valence-corrected chi connectivity index (χ1v) is 8.22. The summed E-state index contributed by atoms with van der Waals surface area (Å²) in [5.41, 5.74) is -0.388. The molecule has 1 fully saturated rings. The SMILES string of the molecule is CCC(C)(C)NS(=O)(=O)N1CCCCC1CNC. The van der Waals surface area contributed by atoms with Gasteiger partial charge in [0.05, 0.1) is 0 Å². The van der Waals surface area contributed by atoms with E-state index in [0.29, 0.717) is 13.1 Å². The van der Waals surface area contributed by atoms with E-state index in [2.05, 4.69) is 10.0 Å². The molecule has 0 saturated carbocycles. The summed E-state index contributed by atoms with van der Waals surface area (Å²) in [5.74, 6) is 0. The number of hydrogen-bond acceptors (Lipinski definition) is 3. The molecule has 6 heteroatoms. The Balaban J connectivity index is 2.81. The van der Waals surface area contributed by atoms with E-state index < -0.39 is 10.2 Å². The van der Waals surface area contributed by atoms with Gasteiger partial charge >= 0.3 is 0 Å². The molecule has 5 nitrogen and oxygen atoms in total. The molecular weight excluding hydrogens is 250 g/mol. The average molecular weight is 277 g/mol. The maximum Gasteiger partial charge on any atom is 0.280 e. The first kappa shape index (κ1) is 15.9. The minimum atomic E-state index is -3.38. The lowest BCUT2D eigenvalue weighted by Gasteiger charge is -2.37. The van der Waals surface area contributed by atoms with Crippen molar-refractivity contribution < 1.29 is 8.42 Å². The highest BCUT2D eigenvalue weighted by molar-refractivity contribution is 7.87. The van der Waals surface area contributed by atoms with Crippen LogP contribution in [0.15, 0.2) is 0 Å². The molecule has 108 valence electrons. The van der Waals surface area contributed by atoms with Crippen LogP contribution in [0.1, 0.15) is 46.5 Å². The topological polar surface area (TPSA) is 61.4 Å². The molecular formula is C12H27N3O2S. The summed E-state index contributed by atoms with van der Waals surface area (Å²) >= 11 is 0. The van der Waals surface area contributed by atoms with Crippen molar-refractivity contribution in [1.82, 2.24) is 14.3 Å². The first-order chi connectivity index (χ1) is 8.32. The van der Waals surface area contributed by atoms with Gasteiger partial charge in [-0.3, -0.25) is 0 Å². The van der Waals surface area contributed by atoms with E-state index in [1.54, 1.807) is 4.31 Å². The lowest BCUT2D eigenvalue weighted by molar-refractivity contribution is 0.241. The summed E-state index contributed by atoms with van der Waals surface area (Å²) in [5, 5.41) is 3.08. The molecule has 0 radical (unpaired) electrons. The first-order valence-electron chi connectivity index (χ1n) is 6.78. The van der Waals surface area contributed by atoms with Gasteiger partial charge in [-0.25, -0.2) is 0 Å². The second-order valence-corrected chi connectivity index (χ2v) is 7.29. The van der Waals surface area contributed by atoms with Crippen LogP contribution in [0.3, 0.4) is 0 Å². The summed E-state index contributed by atoms with van der Waals surface area (Å²) in [6, 6.07) is 0.0777. The molecule has 1 heterocycles. The van der Waals surface area contributed by atoms with Gasteiger partial charge in [0.15, 0.2) is 0 Å². The molecule has 1 aliphatic rings. The van der Waals surface area contributed by atoms with Crippen molar-refractivity contribution >= 4 is 10.2 Å². The van der Waals surface area contributed by atoms with Gasteiger partial charge < -0.3 is 5.32 Å². The summed E-state index contributed by atoms with van der Waals surface area (Å²) < 4.78 is 29.3. The van der Waals surface area contributed by atoms with E-state index in [4.69, 9.17) is 0 Å². The Bertz CT molecular complexity index is 352. The monoisotopic (exact) mass is 277 g/mol. The van der Waals surface area contributed by atoms with Gasteiger partial charge in [0.25, 0.3) is 10.2 Å². The Morgan fingerprint density at radius 1 is 1.33 bits per heavy atom. The van der Waals surface area contributed by atoms with Crippen LogP contribution >= 0.6 is 0 Å². The van der Waals surface area contributed by atoms with E-state index in [1.165, 1.54) is 0 Å². The van der Waals surface area contributed by atoms with E-state index >= 15 is 0 Å². The Labute approximate surface area is 112 Å². The van der Waals surface area contributed by atoms with Gasteiger partial charge in [-0.1, -0.05) is 13.3 Å². The zero-order valence-electron chi connectivity index (χ0n) is 12.0. The Kier molecular flexibility index (Phi) is 5.58. The summed E-state index contributed by atoms with van der Waals surface area (Å²) in [7, 11) is -1.52. The number of nitrogens with one attached hydrogen (secondary N) is 2. The lowest BCUT2D eigenvalue weighted by atomic mass is 10.0. The minimum Gasteiger partial charge on any atom is -0.318 e. The Morgan fingerprint density at radius 2 is 2.00 bits per heavy atom. The molecule has 2 N–H and O–H groups in total. The van der Waals surface area contributed by atoms with Crippen molar-refractivity contribution in [1.29, 1.82) is 0 Å². The number of hydrogen-bond donors (Lipinski definition) is 2. The molecule has 1 atom stereocenters. The summed E-state index contributed by atoms with van der Waals surface area (Å²) in [6.07, 6.45) is 3.77. The van der Waals surface area contributed by atoms with Crippen molar-refractivity contribution in [3.63, 3.8) is 0 Å². The molecule has 0 aromatic rings. The van der Waals surface area contributed by atoms with Crippen molar-refractivity contribution in [3.8, 4) is 0 Å².